The summed E-state index contributed by atoms with van der Waals surface area (Å²) in [6, 6.07) is 0. The Morgan fingerprint density at radius 1 is 1.00 bits per heavy atom. The highest BCUT2D eigenvalue weighted by molar-refractivity contribution is 7.47. The summed E-state index contributed by atoms with van der Waals surface area (Å²) in [6.45, 7) is 2.42. The molecule has 1 rings (SSSR count). The van der Waals surface area contributed by atoms with Crippen molar-refractivity contribution in [2.24, 2.45) is 0 Å². The molecule has 0 aliphatic heterocycles. The van der Waals surface area contributed by atoms with E-state index in [1.54, 1.807) is 0 Å². The van der Waals surface area contributed by atoms with E-state index in [-0.39, 0.29) is 25.9 Å². The second-order valence-electron chi connectivity index (χ2n) is 5.16. The molecule has 0 aromatic heterocycles. The molecule has 132 valence electrons. The molecule has 1 unspecified atom stereocenters. The quantitative estimate of drug-likeness (QED) is 0.235. The zero-order valence-electron chi connectivity index (χ0n) is 13.1. The first-order valence-corrected chi connectivity index (χ1v) is 9.37. The summed E-state index contributed by atoms with van der Waals surface area (Å²) in [6.07, 6.45) is 7.33. The third kappa shape index (κ3) is 10.6. The molecule has 0 aromatic carbocycles. The third-order valence-electron chi connectivity index (χ3n) is 3.14. The van der Waals surface area contributed by atoms with E-state index in [0.29, 0.717) is 19.3 Å². The molecule has 1 N–H and O–H groups in total. The van der Waals surface area contributed by atoms with Gasteiger partial charge in [-0.25, -0.2) is 14.3 Å². The zero-order chi connectivity index (χ0) is 16.1. The topological polar surface area (TPSA) is 92.7 Å². The van der Waals surface area contributed by atoms with Gasteiger partial charge < -0.3 is 4.89 Å². The van der Waals surface area contributed by atoms with Crippen LogP contribution in [0.15, 0.2) is 0 Å². The molecule has 0 aromatic rings. The summed E-state index contributed by atoms with van der Waals surface area (Å²) in [4.78, 5) is 19.1. The van der Waals surface area contributed by atoms with Crippen LogP contribution in [-0.2, 0) is 33.5 Å². The van der Waals surface area contributed by atoms with Crippen LogP contribution in [-0.4, -0.2) is 30.8 Å². The highest BCUT2D eigenvalue weighted by atomic mass is 31.2. The fourth-order valence-electron chi connectivity index (χ4n) is 1.97. The molecular formula is C13H27O8P. The average molecular weight is 342 g/mol. The lowest BCUT2D eigenvalue weighted by atomic mass is 9.98. The number of hydrogen-bond donors (Lipinski definition) is 1. The van der Waals surface area contributed by atoms with Crippen LogP contribution in [0.3, 0.4) is 0 Å². The lowest BCUT2D eigenvalue weighted by molar-refractivity contribution is -0.642. The largest absolute Gasteiger partial charge is 0.472 e. The number of unbranched alkanes of at least 4 members (excludes halogenated alkanes) is 1. The summed E-state index contributed by atoms with van der Waals surface area (Å²) >= 11 is 0. The maximum absolute atomic E-state index is 11.3. The van der Waals surface area contributed by atoms with Crippen molar-refractivity contribution in [3.8, 4) is 0 Å². The van der Waals surface area contributed by atoms with Gasteiger partial charge in [0, 0.05) is 0 Å². The Morgan fingerprint density at radius 2 is 1.68 bits per heavy atom. The molecule has 1 fully saturated rings. The summed E-state index contributed by atoms with van der Waals surface area (Å²) in [7, 11) is -3.91. The Kier molecular flexibility index (Phi) is 11.3. The minimum Gasteiger partial charge on any atom is -0.302 e. The Hall–Kier alpha value is -0.0500. The van der Waals surface area contributed by atoms with E-state index in [1.807, 2.05) is 6.92 Å². The monoisotopic (exact) mass is 342 g/mol. The van der Waals surface area contributed by atoms with Gasteiger partial charge in [-0.3, -0.25) is 9.05 Å². The fourth-order valence-corrected chi connectivity index (χ4v) is 2.82. The maximum atomic E-state index is 11.3. The molecule has 0 spiro atoms. The van der Waals surface area contributed by atoms with Crippen LogP contribution in [0.25, 0.3) is 0 Å². The van der Waals surface area contributed by atoms with Crippen molar-refractivity contribution in [1.29, 1.82) is 0 Å². The van der Waals surface area contributed by atoms with Crippen molar-refractivity contribution >= 4 is 7.82 Å². The molecule has 1 atom stereocenters. The van der Waals surface area contributed by atoms with Gasteiger partial charge in [0.05, 0.1) is 25.9 Å². The Morgan fingerprint density at radius 3 is 2.41 bits per heavy atom. The Bertz CT molecular complexity index is 308. The normalized spacial score (nSPS) is 19.2. The smallest absolute Gasteiger partial charge is 0.302 e. The van der Waals surface area contributed by atoms with E-state index >= 15 is 0 Å². The van der Waals surface area contributed by atoms with Gasteiger partial charge in [-0.1, -0.05) is 26.2 Å². The molecule has 0 heterocycles. The van der Waals surface area contributed by atoms with Gasteiger partial charge in [-0.2, -0.15) is 0 Å². The van der Waals surface area contributed by atoms with Crippen LogP contribution < -0.4 is 0 Å². The van der Waals surface area contributed by atoms with Crippen LogP contribution in [0.4, 0.5) is 0 Å². The number of phosphoric ester groups is 1. The summed E-state index contributed by atoms with van der Waals surface area (Å²) in [5.41, 5.74) is 0. The fraction of sp³-hybridized carbons (Fsp3) is 1.00. The van der Waals surface area contributed by atoms with Crippen LogP contribution >= 0.6 is 7.82 Å². The van der Waals surface area contributed by atoms with Crippen molar-refractivity contribution in [1.82, 2.24) is 0 Å². The molecule has 1 aliphatic rings. The summed E-state index contributed by atoms with van der Waals surface area (Å²) < 4.78 is 20.8. The maximum Gasteiger partial charge on any atom is 0.472 e. The van der Waals surface area contributed by atoms with Crippen LogP contribution in [0.2, 0.25) is 0 Å². The molecule has 1 aliphatic carbocycles. The zero-order valence-corrected chi connectivity index (χ0v) is 14.0. The second kappa shape index (κ2) is 12.4. The third-order valence-corrected chi connectivity index (χ3v) is 4.16. The second-order valence-corrected chi connectivity index (χ2v) is 6.61. The molecule has 0 saturated heterocycles. The molecule has 0 amide bonds. The van der Waals surface area contributed by atoms with Gasteiger partial charge in [0.1, 0.15) is 0 Å². The predicted molar refractivity (Wildman–Crippen MR) is 77.3 cm³/mol. The molecular weight excluding hydrogens is 315 g/mol. The van der Waals surface area contributed by atoms with E-state index < -0.39 is 7.82 Å². The van der Waals surface area contributed by atoms with Crippen LogP contribution in [0.1, 0.15) is 58.3 Å². The van der Waals surface area contributed by atoms with E-state index in [0.717, 1.165) is 25.7 Å². The first kappa shape index (κ1) is 20.0. The number of phosphoric acid groups is 1. The van der Waals surface area contributed by atoms with Gasteiger partial charge in [0.15, 0.2) is 0 Å². The first-order chi connectivity index (χ1) is 10.6. The van der Waals surface area contributed by atoms with Gasteiger partial charge in [-0.15, -0.1) is 0 Å². The number of hydrogen-bond acceptors (Lipinski definition) is 7. The van der Waals surface area contributed by atoms with Crippen LogP contribution in [0, 0.1) is 0 Å². The van der Waals surface area contributed by atoms with E-state index in [2.05, 4.69) is 10.1 Å². The Labute approximate surface area is 131 Å². The predicted octanol–water partition coefficient (Wildman–Crippen LogP) is 3.45. The minimum atomic E-state index is -3.91. The molecule has 22 heavy (non-hydrogen) atoms. The van der Waals surface area contributed by atoms with Gasteiger partial charge >= 0.3 is 7.82 Å². The van der Waals surface area contributed by atoms with Crippen molar-refractivity contribution < 1.29 is 38.4 Å². The van der Waals surface area contributed by atoms with E-state index in [9.17, 15) is 9.46 Å². The van der Waals surface area contributed by atoms with Crippen molar-refractivity contribution in [2.75, 3.05) is 19.8 Å². The SMILES string of the molecule is CCCOP(=O)(O)OCCCCOOOOC1CCCCC1. The number of rotatable bonds is 13. The minimum absolute atomic E-state index is 0.0765. The van der Waals surface area contributed by atoms with Crippen molar-refractivity contribution in [3.63, 3.8) is 0 Å². The standard InChI is InChI=1S/C13H27O8P/c1-2-10-17-22(14,15)18-12-7-6-11-16-20-21-19-13-8-4-3-5-9-13/h13H,2-12H2,1H3,(H,14,15). The van der Waals surface area contributed by atoms with Crippen molar-refractivity contribution in [2.45, 2.75) is 64.4 Å². The Balaban J connectivity index is 1.84. The van der Waals surface area contributed by atoms with Gasteiger partial charge in [0.25, 0.3) is 0 Å². The molecule has 0 bridgehead atoms. The van der Waals surface area contributed by atoms with Crippen LogP contribution in [0.5, 0.6) is 0 Å². The first-order valence-electron chi connectivity index (χ1n) is 7.87. The lowest BCUT2D eigenvalue weighted by Gasteiger charge is -2.18. The van der Waals surface area contributed by atoms with Gasteiger partial charge in [0.2, 0.25) is 0 Å². The van der Waals surface area contributed by atoms with Crippen molar-refractivity contribution in [3.05, 3.63) is 0 Å². The summed E-state index contributed by atoms with van der Waals surface area (Å²) in [5.74, 6) is 0. The average Bonchev–Trinajstić information content (AvgIpc) is 2.52. The molecule has 0 radical (unpaired) electrons. The molecule has 8 nitrogen and oxygen atoms in total. The highest BCUT2D eigenvalue weighted by Crippen LogP contribution is 2.43. The van der Waals surface area contributed by atoms with Gasteiger partial charge in [-0.05, 0) is 42.2 Å². The lowest BCUT2D eigenvalue weighted by Crippen LogP contribution is -2.17. The highest BCUT2D eigenvalue weighted by Gasteiger charge is 2.19. The van der Waals surface area contributed by atoms with E-state index in [1.165, 1.54) is 6.42 Å². The van der Waals surface area contributed by atoms with E-state index in [4.69, 9.17) is 18.8 Å². The molecule has 9 heteroatoms. The molecule has 1 saturated carbocycles. The summed E-state index contributed by atoms with van der Waals surface area (Å²) in [5, 5.41) is 8.97.